The van der Waals surface area contributed by atoms with Crippen LogP contribution in [0.3, 0.4) is 0 Å². The predicted octanol–water partition coefficient (Wildman–Crippen LogP) is 1.60. The topological polar surface area (TPSA) is 105 Å². The molecule has 0 radical (unpaired) electrons. The molecule has 1 spiro atoms. The average molecular weight is 437 g/mol. The first-order valence-electron chi connectivity index (χ1n) is 10.2. The monoisotopic (exact) mass is 436 g/mol. The molecule has 6 atom stereocenters. The SMILES string of the molecule is CCOC(=O)[C@@H]1[C@@H]2CCC3(O2)C(C(=O)Nc2ccccc2Cl)N([C@H](C)CO)C(=O)[C@H]13. The molecule has 0 saturated carbocycles. The van der Waals surface area contributed by atoms with Crippen molar-refractivity contribution in [1.82, 2.24) is 4.90 Å². The van der Waals surface area contributed by atoms with Crippen LogP contribution in [0.25, 0.3) is 0 Å². The molecule has 162 valence electrons. The summed E-state index contributed by atoms with van der Waals surface area (Å²) < 4.78 is 11.4. The van der Waals surface area contributed by atoms with E-state index in [-0.39, 0.29) is 19.1 Å². The van der Waals surface area contributed by atoms with Gasteiger partial charge in [0.2, 0.25) is 11.8 Å². The van der Waals surface area contributed by atoms with E-state index >= 15 is 0 Å². The number of ether oxygens (including phenoxy) is 2. The molecule has 0 aromatic heterocycles. The van der Waals surface area contributed by atoms with Gasteiger partial charge in [-0.3, -0.25) is 14.4 Å². The number of aliphatic hydroxyl groups excluding tert-OH is 1. The number of aliphatic hydroxyl groups is 1. The van der Waals surface area contributed by atoms with Crippen LogP contribution in [-0.4, -0.2) is 64.8 Å². The molecule has 3 fully saturated rings. The van der Waals surface area contributed by atoms with Crippen molar-refractivity contribution >= 4 is 35.1 Å². The maximum absolute atomic E-state index is 13.4. The molecular weight excluding hydrogens is 412 g/mol. The summed E-state index contributed by atoms with van der Waals surface area (Å²) in [4.78, 5) is 40.9. The largest absolute Gasteiger partial charge is 0.466 e. The maximum Gasteiger partial charge on any atom is 0.312 e. The molecule has 3 heterocycles. The van der Waals surface area contributed by atoms with Crippen molar-refractivity contribution in [1.29, 1.82) is 0 Å². The average Bonchev–Trinajstić information content (AvgIpc) is 3.36. The van der Waals surface area contributed by atoms with Gasteiger partial charge in [-0.2, -0.15) is 0 Å². The van der Waals surface area contributed by atoms with Gasteiger partial charge in [-0.25, -0.2) is 0 Å². The fourth-order valence-corrected chi connectivity index (χ4v) is 5.41. The molecule has 3 aliphatic rings. The lowest BCUT2D eigenvalue weighted by Crippen LogP contribution is -2.55. The highest BCUT2D eigenvalue weighted by Crippen LogP contribution is 2.59. The van der Waals surface area contributed by atoms with Crippen LogP contribution in [0.15, 0.2) is 24.3 Å². The molecule has 1 aromatic carbocycles. The molecule has 3 aliphatic heterocycles. The maximum atomic E-state index is 13.4. The van der Waals surface area contributed by atoms with E-state index in [0.717, 1.165) is 0 Å². The number of anilines is 1. The number of fused-ring (bicyclic) bond motifs is 1. The van der Waals surface area contributed by atoms with Gasteiger partial charge in [0.1, 0.15) is 11.6 Å². The molecule has 30 heavy (non-hydrogen) atoms. The lowest BCUT2D eigenvalue weighted by Gasteiger charge is -2.35. The molecule has 3 saturated heterocycles. The number of benzene rings is 1. The van der Waals surface area contributed by atoms with E-state index in [1.54, 1.807) is 38.1 Å². The zero-order chi connectivity index (χ0) is 21.6. The molecule has 2 N–H and O–H groups in total. The van der Waals surface area contributed by atoms with Gasteiger partial charge in [0.25, 0.3) is 0 Å². The van der Waals surface area contributed by atoms with Gasteiger partial charge in [-0.1, -0.05) is 23.7 Å². The zero-order valence-electron chi connectivity index (χ0n) is 16.8. The van der Waals surface area contributed by atoms with Gasteiger partial charge in [0, 0.05) is 0 Å². The molecule has 9 heteroatoms. The Balaban J connectivity index is 1.73. The minimum atomic E-state index is -1.13. The number of likely N-dealkylation sites (tertiary alicyclic amines) is 1. The summed E-state index contributed by atoms with van der Waals surface area (Å²) in [6, 6.07) is 5.20. The highest BCUT2D eigenvalue weighted by atomic mass is 35.5. The van der Waals surface area contributed by atoms with Crippen LogP contribution in [0.4, 0.5) is 5.69 Å². The third-order valence-electron chi connectivity index (χ3n) is 6.42. The summed E-state index contributed by atoms with van der Waals surface area (Å²) in [5, 5.41) is 12.9. The highest BCUT2D eigenvalue weighted by molar-refractivity contribution is 6.33. The van der Waals surface area contributed by atoms with Crippen LogP contribution in [0.1, 0.15) is 26.7 Å². The van der Waals surface area contributed by atoms with E-state index in [4.69, 9.17) is 21.1 Å². The summed E-state index contributed by atoms with van der Waals surface area (Å²) >= 11 is 6.19. The third kappa shape index (κ3) is 3.01. The highest BCUT2D eigenvalue weighted by Gasteiger charge is 2.75. The Hall–Kier alpha value is -2.16. The second-order valence-corrected chi connectivity index (χ2v) is 8.46. The molecule has 8 nitrogen and oxygen atoms in total. The number of amides is 2. The van der Waals surface area contributed by atoms with Gasteiger partial charge in [-0.15, -0.1) is 0 Å². The van der Waals surface area contributed by atoms with Crippen molar-refractivity contribution in [3.8, 4) is 0 Å². The third-order valence-corrected chi connectivity index (χ3v) is 6.75. The standard InChI is InChI=1S/C21H25ClN2O6/c1-3-29-20(28)15-14-8-9-21(30-14)16(15)19(27)24(11(2)10-25)17(21)18(26)23-13-7-5-4-6-12(13)22/h4-7,11,14-17,25H,3,8-10H2,1-2H3,(H,23,26)/t11-,14+,15-,16+,17?,21?/m1/s1. The summed E-state index contributed by atoms with van der Waals surface area (Å²) in [5.41, 5.74) is -0.712. The lowest BCUT2D eigenvalue weighted by molar-refractivity contribution is -0.155. The first-order valence-corrected chi connectivity index (χ1v) is 10.6. The van der Waals surface area contributed by atoms with Crippen LogP contribution in [-0.2, 0) is 23.9 Å². The number of hydrogen-bond acceptors (Lipinski definition) is 6. The van der Waals surface area contributed by atoms with E-state index in [1.165, 1.54) is 4.90 Å². The quantitative estimate of drug-likeness (QED) is 0.656. The number of carbonyl (C=O) groups is 3. The van der Waals surface area contributed by atoms with Crippen LogP contribution in [0.5, 0.6) is 0 Å². The van der Waals surface area contributed by atoms with Crippen molar-refractivity contribution < 1.29 is 29.0 Å². The van der Waals surface area contributed by atoms with Gasteiger partial charge in [0.05, 0.1) is 47.9 Å². The normalized spacial score (nSPS) is 32.8. The smallest absolute Gasteiger partial charge is 0.312 e. The number of carbonyl (C=O) groups excluding carboxylic acids is 3. The molecule has 2 unspecified atom stereocenters. The van der Waals surface area contributed by atoms with Crippen LogP contribution < -0.4 is 5.32 Å². The number of rotatable bonds is 6. The minimum Gasteiger partial charge on any atom is -0.466 e. The molecule has 1 aromatic rings. The number of halogens is 1. The van der Waals surface area contributed by atoms with Gasteiger partial charge in [-0.05, 0) is 38.8 Å². The Kier molecular flexibility index (Phi) is 5.50. The lowest BCUT2D eigenvalue weighted by atomic mass is 9.71. The Bertz CT molecular complexity index is 879. The van der Waals surface area contributed by atoms with Crippen molar-refractivity contribution in [2.75, 3.05) is 18.5 Å². The molecule has 2 bridgehead atoms. The Morgan fingerprint density at radius 3 is 2.83 bits per heavy atom. The number of nitrogens with zero attached hydrogens (tertiary/aromatic N) is 1. The fourth-order valence-electron chi connectivity index (χ4n) is 5.22. The van der Waals surface area contributed by atoms with Gasteiger partial charge < -0.3 is 24.8 Å². The summed E-state index contributed by atoms with van der Waals surface area (Å²) in [5.74, 6) is -2.87. The Labute approximate surface area is 179 Å². The van der Waals surface area contributed by atoms with Crippen LogP contribution in [0, 0.1) is 11.8 Å². The van der Waals surface area contributed by atoms with Crippen molar-refractivity contribution in [3.05, 3.63) is 29.3 Å². The first-order chi connectivity index (χ1) is 14.4. The first kappa shape index (κ1) is 21.1. The van der Waals surface area contributed by atoms with E-state index in [0.29, 0.717) is 23.6 Å². The second-order valence-electron chi connectivity index (χ2n) is 8.05. The van der Waals surface area contributed by atoms with Gasteiger partial charge in [0.15, 0.2) is 0 Å². The van der Waals surface area contributed by atoms with Crippen LogP contribution >= 0.6 is 11.6 Å². The summed E-state index contributed by atoms with van der Waals surface area (Å²) in [6.07, 6.45) is 0.573. The zero-order valence-corrected chi connectivity index (χ0v) is 17.6. The minimum absolute atomic E-state index is 0.198. The van der Waals surface area contributed by atoms with Gasteiger partial charge >= 0.3 is 5.97 Å². The number of nitrogens with one attached hydrogen (secondary N) is 1. The Morgan fingerprint density at radius 2 is 2.17 bits per heavy atom. The van der Waals surface area contributed by atoms with Crippen molar-refractivity contribution in [2.45, 2.75) is 50.5 Å². The van der Waals surface area contributed by atoms with Crippen molar-refractivity contribution in [3.63, 3.8) is 0 Å². The summed E-state index contributed by atoms with van der Waals surface area (Å²) in [6.45, 7) is 3.25. The van der Waals surface area contributed by atoms with Crippen LogP contribution in [0.2, 0.25) is 5.02 Å². The number of hydrogen-bond donors (Lipinski definition) is 2. The van der Waals surface area contributed by atoms with E-state index in [9.17, 15) is 19.5 Å². The second kappa shape index (κ2) is 7.83. The van der Waals surface area contributed by atoms with Crippen molar-refractivity contribution in [2.24, 2.45) is 11.8 Å². The summed E-state index contributed by atoms with van der Waals surface area (Å²) in [7, 11) is 0. The van der Waals surface area contributed by atoms with E-state index in [2.05, 4.69) is 5.32 Å². The molecule has 2 amide bonds. The van der Waals surface area contributed by atoms with E-state index in [1.807, 2.05) is 0 Å². The van der Waals surface area contributed by atoms with E-state index < -0.39 is 47.5 Å². The molecular formula is C21H25ClN2O6. The number of para-hydroxylation sites is 1. The predicted molar refractivity (Wildman–Crippen MR) is 108 cm³/mol. The Morgan fingerprint density at radius 1 is 1.43 bits per heavy atom. The molecule has 0 aliphatic carbocycles. The number of esters is 1. The molecule has 4 rings (SSSR count). The fraction of sp³-hybridized carbons (Fsp3) is 0.571.